The molecule has 3 rings (SSSR count). The average molecular weight is 271 g/mol. The summed E-state index contributed by atoms with van der Waals surface area (Å²) in [7, 11) is 0. The summed E-state index contributed by atoms with van der Waals surface area (Å²) in [5, 5.41) is 3.50. The molecule has 0 amide bonds. The van der Waals surface area contributed by atoms with Gasteiger partial charge in [0, 0.05) is 6.54 Å². The maximum atomic E-state index is 5.90. The predicted molar refractivity (Wildman–Crippen MR) is 78.7 cm³/mol. The van der Waals surface area contributed by atoms with Gasteiger partial charge < -0.3 is 14.5 Å². The molecule has 106 valence electrons. The molecular weight excluding hydrogens is 250 g/mol. The second-order valence-electron chi connectivity index (χ2n) is 5.39. The van der Waals surface area contributed by atoms with E-state index in [0.717, 1.165) is 31.1 Å². The lowest BCUT2D eigenvalue weighted by molar-refractivity contribution is 0.0405. The molecule has 0 aliphatic carbocycles. The fourth-order valence-corrected chi connectivity index (χ4v) is 2.72. The lowest BCUT2D eigenvalue weighted by Gasteiger charge is -2.27. The third kappa shape index (κ3) is 2.79. The number of benzene rings is 1. The van der Waals surface area contributed by atoms with E-state index in [0.29, 0.717) is 0 Å². The summed E-state index contributed by atoms with van der Waals surface area (Å²) in [5.41, 5.74) is 2.72. The first kappa shape index (κ1) is 13.4. The van der Waals surface area contributed by atoms with Crippen LogP contribution in [0.3, 0.4) is 0 Å². The van der Waals surface area contributed by atoms with Crippen LogP contribution in [0, 0.1) is 6.92 Å². The molecule has 1 aliphatic heterocycles. The third-order valence-corrected chi connectivity index (χ3v) is 3.89. The van der Waals surface area contributed by atoms with Crippen LogP contribution >= 0.6 is 0 Å². The molecule has 0 radical (unpaired) electrons. The van der Waals surface area contributed by atoms with Gasteiger partial charge in [-0.2, -0.15) is 0 Å². The lowest BCUT2D eigenvalue weighted by atomic mass is 9.97. The van der Waals surface area contributed by atoms with Crippen molar-refractivity contribution in [2.45, 2.75) is 32.4 Å². The summed E-state index contributed by atoms with van der Waals surface area (Å²) in [6.45, 7) is 5.69. The van der Waals surface area contributed by atoms with Crippen molar-refractivity contribution < 1.29 is 9.15 Å². The molecule has 0 bridgehead atoms. The van der Waals surface area contributed by atoms with Gasteiger partial charge in [-0.15, -0.1) is 0 Å². The van der Waals surface area contributed by atoms with Gasteiger partial charge in [0.15, 0.2) is 0 Å². The Morgan fingerprint density at radius 1 is 1.25 bits per heavy atom. The Hall–Kier alpha value is -1.58. The van der Waals surface area contributed by atoms with Gasteiger partial charge in [-0.1, -0.05) is 24.3 Å². The number of hydrogen-bond acceptors (Lipinski definition) is 3. The monoisotopic (exact) mass is 271 g/mol. The van der Waals surface area contributed by atoms with Gasteiger partial charge in [0.2, 0.25) is 0 Å². The fourth-order valence-electron chi connectivity index (χ4n) is 2.72. The minimum atomic E-state index is 0.137. The smallest absolute Gasteiger partial charge is 0.120 e. The molecule has 1 aromatic carbocycles. The van der Waals surface area contributed by atoms with Crippen molar-refractivity contribution in [3.8, 4) is 0 Å². The normalized spacial score (nSPS) is 19.6. The quantitative estimate of drug-likeness (QED) is 0.923. The van der Waals surface area contributed by atoms with Crippen LogP contribution in [0.4, 0.5) is 0 Å². The standard InChI is InChI=1S/C17H21NO2/c1-12-7-8-16(20-12)13(2)18-11-17-15-6-4-3-5-14(15)9-10-19-17/h3-8,13,17-18H,9-11H2,1-2H3. The van der Waals surface area contributed by atoms with E-state index >= 15 is 0 Å². The first-order chi connectivity index (χ1) is 9.74. The SMILES string of the molecule is Cc1ccc(C(C)NCC2OCCc3ccccc32)o1. The Balaban J connectivity index is 1.65. The summed E-state index contributed by atoms with van der Waals surface area (Å²) < 4.78 is 11.6. The number of furan rings is 1. The van der Waals surface area contributed by atoms with E-state index in [1.165, 1.54) is 11.1 Å². The Kier molecular flexibility index (Phi) is 3.90. The first-order valence-electron chi connectivity index (χ1n) is 7.23. The van der Waals surface area contributed by atoms with Crippen LogP contribution in [0.15, 0.2) is 40.8 Å². The van der Waals surface area contributed by atoms with Crippen molar-refractivity contribution in [3.05, 3.63) is 59.0 Å². The van der Waals surface area contributed by atoms with Crippen molar-refractivity contribution >= 4 is 0 Å². The van der Waals surface area contributed by atoms with Crippen molar-refractivity contribution in [3.63, 3.8) is 0 Å². The molecule has 2 atom stereocenters. The Bertz CT molecular complexity index is 576. The van der Waals surface area contributed by atoms with E-state index in [9.17, 15) is 0 Å². The second kappa shape index (κ2) is 5.81. The van der Waals surface area contributed by atoms with E-state index in [4.69, 9.17) is 9.15 Å². The molecule has 1 N–H and O–H groups in total. The van der Waals surface area contributed by atoms with Gasteiger partial charge >= 0.3 is 0 Å². The van der Waals surface area contributed by atoms with Gasteiger partial charge in [-0.05, 0) is 43.5 Å². The Morgan fingerprint density at radius 3 is 2.90 bits per heavy atom. The molecular formula is C17H21NO2. The minimum absolute atomic E-state index is 0.137. The van der Waals surface area contributed by atoms with Crippen LogP contribution < -0.4 is 5.32 Å². The number of fused-ring (bicyclic) bond motifs is 1. The van der Waals surface area contributed by atoms with Crippen molar-refractivity contribution in [1.82, 2.24) is 5.32 Å². The maximum absolute atomic E-state index is 5.90. The number of nitrogens with one attached hydrogen (secondary N) is 1. The maximum Gasteiger partial charge on any atom is 0.120 e. The Labute approximate surface area is 119 Å². The number of ether oxygens (including phenoxy) is 1. The van der Waals surface area contributed by atoms with Gasteiger partial charge in [0.25, 0.3) is 0 Å². The largest absolute Gasteiger partial charge is 0.465 e. The molecule has 3 nitrogen and oxygen atoms in total. The van der Waals surface area contributed by atoms with Gasteiger partial charge in [0.1, 0.15) is 11.5 Å². The third-order valence-electron chi connectivity index (χ3n) is 3.89. The molecule has 1 aromatic heterocycles. The summed E-state index contributed by atoms with van der Waals surface area (Å²) >= 11 is 0. The molecule has 0 saturated carbocycles. The van der Waals surface area contributed by atoms with Gasteiger partial charge in [-0.3, -0.25) is 0 Å². The molecule has 2 aromatic rings. The molecule has 0 fully saturated rings. The van der Waals surface area contributed by atoms with Crippen LogP contribution in [-0.4, -0.2) is 13.2 Å². The van der Waals surface area contributed by atoms with E-state index in [1.807, 2.05) is 19.1 Å². The fraction of sp³-hybridized carbons (Fsp3) is 0.412. The molecule has 1 aliphatic rings. The highest BCUT2D eigenvalue weighted by Crippen LogP contribution is 2.27. The van der Waals surface area contributed by atoms with Crippen molar-refractivity contribution in [2.75, 3.05) is 13.2 Å². The summed E-state index contributed by atoms with van der Waals surface area (Å²) in [6, 6.07) is 12.8. The molecule has 2 heterocycles. The molecule has 0 spiro atoms. The van der Waals surface area contributed by atoms with Crippen LogP contribution in [0.2, 0.25) is 0 Å². The van der Waals surface area contributed by atoms with Gasteiger partial charge in [-0.25, -0.2) is 0 Å². The lowest BCUT2D eigenvalue weighted by Crippen LogP contribution is -2.29. The summed E-state index contributed by atoms with van der Waals surface area (Å²) in [5.74, 6) is 1.93. The van der Waals surface area contributed by atoms with Crippen molar-refractivity contribution in [1.29, 1.82) is 0 Å². The zero-order chi connectivity index (χ0) is 13.9. The van der Waals surface area contributed by atoms with E-state index in [1.54, 1.807) is 0 Å². The first-order valence-corrected chi connectivity index (χ1v) is 7.23. The second-order valence-corrected chi connectivity index (χ2v) is 5.39. The zero-order valence-electron chi connectivity index (χ0n) is 12.1. The minimum Gasteiger partial charge on any atom is -0.465 e. The van der Waals surface area contributed by atoms with E-state index in [2.05, 4.69) is 36.5 Å². The van der Waals surface area contributed by atoms with Crippen molar-refractivity contribution in [2.24, 2.45) is 0 Å². The topological polar surface area (TPSA) is 34.4 Å². The zero-order valence-corrected chi connectivity index (χ0v) is 12.1. The van der Waals surface area contributed by atoms with Crippen LogP contribution in [0.25, 0.3) is 0 Å². The number of hydrogen-bond donors (Lipinski definition) is 1. The van der Waals surface area contributed by atoms with E-state index < -0.39 is 0 Å². The van der Waals surface area contributed by atoms with Crippen LogP contribution in [0.1, 0.15) is 41.7 Å². The molecule has 20 heavy (non-hydrogen) atoms. The summed E-state index contributed by atoms with van der Waals surface area (Å²) in [4.78, 5) is 0. The Morgan fingerprint density at radius 2 is 2.10 bits per heavy atom. The average Bonchev–Trinajstić information content (AvgIpc) is 2.91. The van der Waals surface area contributed by atoms with E-state index in [-0.39, 0.29) is 12.1 Å². The molecule has 0 saturated heterocycles. The van der Waals surface area contributed by atoms with Crippen LogP contribution in [0.5, 0.6) is 0 Å². The highest BCUT2D eigenvalue weighted by atomic mass is 16.5. The van der Waals surface area contributed by atoms with Gasteiger partial charge in [0.05, 0.1) is 18.8 Å². The molecule has 3 heteroatoms. The number of aryl methyl sites for hydroxylation is 1. The number of rotatable bonds is 4. The highest BCUT2D eigenvalue weighted by Gasteiger charge is 2.21. The molecule has 2 unspecified atom stereocenters. The predicted octanol–water partition coefficient (Wildman–Crippen LogP) is 3.55. The highest BCUT2D eigenvalue weighted by molar-refractivity contribution is 5.31. The van der Waals surface area contributed by atoms with Crippen LogP contribution in [-0.2, 0) is 11.2 Å². The summed E-state index contributed by atoms with van der Waals surface area (Å²) in [6.07, 6.45) is 1.15.